The number of carbonyl (C=O) groups excluding carboxylic acids is 1. The predicted molar refractivity (Wildman–Crippen MR) is 84.8 cm³/mol. The summed E-state index contributed by atoms with van der Waals surface area (Å²) < 4.78 is 1.60. The van der Waals surface area contributed by atoms with Gasteiger partial charge in [0, 0.05) is 24.3 Å². The lowest BCUT2D eigenvalue weighted by Crippen LogP contribution is -2.42. The molecule has 7 heteroatoms. The number of piperidine rings is 1. The van der Waals surface area contributed by atoms with E-state index in [0.717, 1.165) is 5.69 Å². The quantitative estimate of drug-likeness (QED) is 0.936. The molecule has 1 aromatic heterocycles. The third-order valence-corrected chi connectivity index (χ3v) is 4.21. The number of benzene rings is 1. The third-order valence-electron chi connectivity index (χ3n) is 3.96. The summed E-state index contributed by atoms with van der Waals surface area (Å²) in [6, 6.07) is 8.77. The lowest BCUT2D eigenvalue weighted by atomic mass is 9.98. The number of carboxylic acid groups (broad SMARTS) is 1. The molecule has 0 saturated carbocycles. The number of amides is 1. The van der Waals surface area contributed by atoms with Gasteiger partial charge < -0.3 is 10.0 Å². The summed E-state index contributed by atoms with van der Waals surface area (Å²) >= 11 is 5.86. The van der Waals surface area contributed by atoms with E-state index in [1.54, 1.807) is 34.0 Å². The van der Waals surface area contributed by atoms with Crippen LogP contribution in [-0.4, -0.2) is 44.8 Å². The van der Waals surface area contributed by atoms with E-state index < -0.39 is 11.9 Å². The van der Waals surface area contributed by atoms with E-state index in [4.69, 9.17) is 16.7 Å². The molecular weight excluding hydrogens is 318 g/mol. The topological polar surface area (TPSA) is 75.4 Å². The molecule has 1 aliphatic heterocycles. The molecule has 1 amide bonds. The zero-order valence-electron chi connectivity index (χ0n) is 12.4. The molecule has 0 radical (unpaired) electrons. The molecule has 1 aromatic carbocycles. The van der Waals surface area contributed by atoms with Crippen LogP contribution in [-0.2, 0) is 4.79 Å². The summed E-state index contributed by atoms with van der Waals surface area (Å²) in [4.78, 5) is 25.2. The van der Waals surface area contributed by atoms with Gasteiger partial charge in [0.05, 0.1) is 11.6 Å². The zero-order valence-corrected chi connectivity index (χ0v) is 13.1. The molecule has 1 saturated heterocycles. The number of aromatic nitrogens is 2. The van der Waals surface area contributed by atoms with Gasteiger partial charge in [0.2, 0.25) is 0 Å². The van der Waals surface area contributed by atoms with Crippen molar-refractivity contribution in [3.05, 3.63) is 47.2 Å². The second kappa shape index (κ2) is 6.42. The van der Waals surface area contributed by atoms with Crippen molar-refractivity contribution in [3.63, 3.8) is 0 Å². The van der Waals surface area contributed by atoms with Crippen LogP contribution in [0, 0.1) is 5.92 Å². The van der Waals surface area contributed by atoms with Crippen LogP contribution in [0.1, 0.15) is 23.3 Å². The molecule has 1 fully saturated rings. The fraction of sp³-hybridized carbons (Fsp3) is 0.312. The predicted octanol–water partition coefficient (Wildman–Crippen LogP) is 2.46. The molecule has 1 unspecified atom stereocenters. The molecule has 1 atom stereocenters. The largest absolute Gasteiger partial charge is 0.481 e. The Morgan fingerprint density at radius 3 is 2.65 bits per heavy atom. The van der Waals surface area contributed by atoms with Crippen molar-refractivity contribution < 1.29 is 14.7 Å². The van der Waals surface area contributed by atoms with Crippen molar-refractivity contribution in [2.24, 2.45) is 5.92 Å². The SMILES string of the molecule is O=C(O)C1CCCN(C(=O)c2ccn(-c3ccc(Cl)cc3)n2)C1. The minimum absolute atomic E-state index is 0.233. The highest BCUT2D eigenvalue weighted by Gasteiger charge is 2.29. The van der Waals surface area contributed by atoms with Gasteiger partial charge in [-0.05, 0) is 43.2 Å². The van der Waals surface area contributed by atoms with E-state index in [0.29, 0.717) is 30.1 Å². The van der Waals surface area contributed by atoms with E-state index in [2.05, 4.69) is 5.10 Å². The Balaban J connectivity index is 1.75. The van der Waals surface area contributed by atoms with Crippen molar-refractivity contribution in [2.45, 2.75) is 12.8 Å². The van der Waals surface area contributed by atoms with Crippen molar-refractivity contribution >= 4 is 23.5 Å². The van der Waals surface area contributed by atoms with Crippen LogP contribution < -0.4 is 0 Å². The van der Waals surface area contributed by atoms with Crippen LogP contribution in [0.3, 0.4) is 0 Å². The standard InChI is InChI=1S/C16H16ClN3O3/c17-12-3-5-13(6-4-12)20-9-7-14(18-20)15(21)19-8-1-2-11(10-19)16(22)23/h3-7,9,11H,1-2,8,10H2,(H,22,23). The third kappa shape index (κ3) is 3.37. The van der Waals surface area contributed by atoms with Crippen LogP contribution in [0.4, 0.5) is 0 Å². The maximum atomic E-state index is 12.5. The summed E-state index contributed by atoms with van der Waals surface area (Å²) in [5, 5.41) is 14.0. The first kappa shape index (κ1) is 15.6. The summed E-state index contributed by atoms with van der Waals surface area (Å²) in [6.45, 7) is 0.804. The molecule has 0 spiro atoms. The van der Waals surface area contributed by atoms with Gasteiger partial charge in [-0.3, -0.25) is 9.59 Å². The van der Waals surface area contributed by atoms with Crippen molar-refractivity contribution in [1.29, 1.82) is 0 Å². The molecule has 23 heavy (non-hydrogen) atoms. The first-order chi connectivity index (χ1) is 11.0. The first-order valence-corrected chi connectivity index (χ1v) is 7.76. The maximum absolute atomic E-state index is 12.5. The molecule has 0 aliphatic carbocycles. The van der Waals surface area contributed by atoms with Crippen LogP contribution in [0.25, 0.3) is 5.69 Å². The number of carboxylic acids is 1. The monoisotopic (exact) mass is 333 g/mol. The van der Waals surface area contributed by atoms with E-state index in [-0.39, 0.29) is 12.5 Å². The Morgan fingerprint density at radius 2 is 1.96 bits per heavy atom. The van der Waals surface area contributed by atoms with E-state index in [1.165, 1.54) is 0 Å². The van der Waals surface area contributed by atoms with Crippen molar-refractivity contribution in [3.8, 4) is 5.69 Å². The fourth-order valence-electron chi connectivity index (χ4n) is 2.70. The second-order valence-electron chi connectivity index (χ2n) is 5.55. The highest BCUT2D eigenvalue weighted by molar-refractivity contribution is 6.30. The molecular formula is C16H16ClN3O3. The fourth-order valence-corrected chi connectivity index (χ4v) is 2.83. The molecule has 120 valence electrons. The average molecular weight is 334 g/mol. The van der Waals surface area contributed by atoms with Crippen LogP contribution in [0.15, 0.2) is 36.5 Å². The Kier molecular flexibility index (Phi) is 4.34. The second-order valence-corrected chi connectivity index (χ2v) is 5.99. The number of likely N-dealkylation sites (tertiary alicyclic amines) is 1. The number of nitrogens with zero attached hydrogens (tertiary/aromatic N) is 3. The smallest absolute Gasteiger partial charge is 0.308 e. The van der Waals surface area contributed by atoms with Gasteiger partial charge in [-0.1, -0.05) is 11.6 Å². The number of hydrogen-bond acceptors (Lipinski definition) is 3. The van der Waals surface area contributed by atoms with Crippen LogP contribution in [0.2, 0.25) is 5.02 Å². The van der Waals surface area contributed by atoms with Gasteiger partial charge in [-0.2, -0.15) is 5.10 Å². The van der Waals surface area contributed by atoms with Crippen molar-refractivity contribution in [2.75, 3.05) is 13.1 Å². The van der Waals surface area contributed by atoms with Gasteiger partial charge in [-0.25, -0.2) is 4.68 Å². The van der Waals surface area contributed by atoms with Gasteiger partial charge in [0.1, 0.15) is 0 Å². The normalized spacial score (nSPS) is 18.0. The molecule has 1 N–H and O–H groups in total. The van der Waals surface area contributed by atoms with Crippen LogP contribution in [0.5, 0.6) is 0 Å². The molecule has 3 rings (SSSR count). The van der Waals surface area contributed by atoms with E-state index in [9.17, 15) is 9.59 Å². The summed E-state index contributed by atoms with van der Waals surface area (Å²) in [7, 11) is 0. The number of carbonyl (C=O) groups is 2. The summed E-state index contributed by atoms with van der Waals surface area (Å²) in [6.07, 6.45) is 3.01. The Morgan fingerprint density at radius 1 is 1.22 bits per heavy atom. The molecule has 6 nitrogen and oxygen atoms in total. The highest BCUT2D eigenvalue weighted by atomic mass is 35.5. The number of rotatable bonds is 3. The lowest BCUT2D eigenvalue weighted by Gasteiger charge is -2.30. The number of aliphatic carboxylic acids is 1. The first-order valence-electron chi connectivity index (χ1n) is 7.38. The molecule has 2 aromatic rings. The minimum atomic E-state index is -0.853. The summed E-state index contributed by atoms with van der Waals surface area (Å²) in [5.74, 6) is -1.58. The Hall–Kier alpha value is -2.34. The molecule has 1 aliphatic rings. The Bertz CT molecular complexity index is 726. The molecule has 0 bridgehead atoms. The van der Waals surface area contributed by atoms with Gasteiger partial charge in [-0.15, -0.1) is 0 Å². The highest BCUT2D eigenvalue weighted by Crippen LogP contribution is 2.19. The summed E-state index contributed by atoms with van der Waals surface area (Å²) in [5.41, 5.74) is 1.11. The van der Waals surface area contributed by atoms with Gasteiger partial charge in [0.15, 0.2) is 5.69 Å². The number of halogens is 1. The van der Waals surface area contributed by atoms with E-state index in [1.807, 2.05) is 12.1 Å². The van der Waals surface area contributed by atoms with Crippen molar-refractivity contribution in [1.82, 2.24) is 14.7 Å². The minimum Gasteiger partial charge on any atom is -0.481 e. The van der Waals surface area contributed by atoms with E-state index >= 15 is 0 Å². The molecule has 2 heterocycles. The van der Waals surface area contributed by atoms with Gasteiger partial charge in [0.25, 0.3) is 5.91 Å². The number of hydrogen-bond donors (Lipinski definition) is 1. The lowest BCUT2D eigenvalue weighted by molar-refractivity contribution is -0.143. The zero-order chi connectivity index (χ0) is 16.4. The van der Waals surface area contributed by atoms with Gasteiger partial charge >= 0.3 is 5.97 Å². The maximum Gasteiger partial charge on any atom is 0.308 e. The Labute approximate surface area is 138 Å². The average Bonchev–Trinajstić information content (AvgIpc) is 3.05. The van der Waals surface area contributed by atoms with Crippen LogP contribution >= 0.6 is 11.6 Å².